The van der Waals surface area contributed by atoms with Crippen molar-refractivity contribution in [3.8, 4) is 0 Å². The van der Waals surface area contributed by atoms with Crippen LogP contribution in [0.5, 0.6) is 0 Å². The number of nitrogens with zero attached hydrogens (tertiary/aromatic N) is 1. The number of carboxylic acids is 1. The Morgan fingerprint density at radius 2 is 1.92 bits per heavy atom. The number of thioether (sulfide) groups is 1. The Morgan fingerprint density at radius 1 is 1.32 bits per heavy atom. The maximum atomic E-state index is 12.7. The van der Waals surface area contributed by atoms with E-state index < -0.39 is 23.2 Å². The van der Waals surface area contributed by atoms with Gasteiger partial charge in [0.2, 0.25) is 17.7 Å². The molecular weight excluding hydrogens is 344 g/mol. The normalized spacial score (nSPS) is 18.4. The predicted molar refractivity (Wildman–Crippen MR) is 94.5 cm³/mol. The van der Waals surface area contributed by atoms with Crippen LogP contribution in [0.15, 0.2) is 18.2 Å². The standard InChI is InChI=1S/C17H20N2O5S/c1-9-5-4-6-10(2)15(9)19-14(21)7-13(16(19)22)25-8-12(17(23)24)18-11(3)20/h4-6,12-13H,7-8H2,1-3H3,(H,18,20)(H,23,24). The highest BCUT2D eigenvalue weighted by Gasteiger charge is 2.41. The van der Waals surface area contributed by atoms with E-state index in [-0.39, 0.29) is 24.0 Å². The lowest BCUT2D eigenvalue weighted by Crippen LogP contribution is -2.42. The Morgan fingerprint density at radius 3 is 2.44 bits per heavy atom. The number of benzene rings is 1. The summed E-state index contributed by atoms with van der Waals surface area (Å²) in [7, 11) is 0. The van der Waals surface area contributed by atoms with Crippen molar-refractivity contribution < 1.29 is 24.3 Å². The quantitative estimate of drug-likeness (QED) is 0.737. The molecule has 8 heteroatoms. The van der Waals surface area contributed by atoms with E-state index in [0.29, 0.717) is 5.69 Å². The van der Waals surface area contributed by atoms with E-state index in [0.717, 1.165) is 22.9 Å². The van der Waals surface area contributed by atoms with Crippen molar-refractivity contribution in [1.29, 1.82) is 0 Å². The minimum atomic E-state index is -1.17. The zero-order chi connectivity index (χ0) is 18.7. The molecule has 3 amide bonds. The van der Waals surface area contributed by atoms with E-state index in [4.69, 9.17) is 5.11 Å². The van der Waals surface area contributed by atoms with E-state index in [1.807, 2.05) is 32.0 Å². The second-order valence-corrected chi connectivity index (χ2v) is 7.16. The summed E-state index contributed by atoms with van der Waals surface area (Å²) in [5.74, 6) is -2.27. The van der Waals surface area contributed by atoms with Gasteiger partial charge in [0, 0.05) is 19.1 Å². The summed E-state index contributed by atoms with van der Waals surface area (Å²) in [6.07, 6.45) is 0.0175. The number of carbonyl (C=O) groups is 4. The molecule has 0 aromatic heterocycles. The van der Waals surface area contributed by atoms with E-state index in [1.54, 1.807) is 0 Å². The van der Waals surface area contributed by atoms with Crippen molar-refractivity contribution in [2.24, 2.45) is 0 Å². The average molecular weight is 364 g/mol. The van der Waals surface area contributed by atoms with Crippen LogP contribution in [0.1, 0.15) is 24.5 Å². The van der Waals surface area contributed by atoms with Gasteiger partial charge >= 0.3 is 5.97 Å². The molecule has 1 aliphatic rings. The van der Waals surface area contributed by atoms with Crippen molar-refractivity contribution in [1.82, 2.24) is 5.32 Å². The number of aliphatic carboxylic acids is 1. The van der Waals surface area contributed by atoms with E-state index in [1.165, 1.54) is 11.8 Å². The van der Waals surface area contributed by atoms with E-state index in [2.05, 4.69) is 5.32 Å². The van der Waals surface area contributed by atoms with Gasteiger partial charge in [0.25, 0.3) is 0 Å². The van der Waals surface area contributed by atoms with Gasteiger partial charge in [-0.05, 0) is 25.0 Å². The van der Waals surface area contributed by atoms with Crippen LogP contribution < -0.4 is 10.2 Å². The van der Waals surface area contributed by atoms with Crippen LogP contribution in [0.4, 0.5) is 5.69 Å². The zero-order valence-corrected chi connectivity index (χ0v) is 15.1. The topological polar surface area (TPSA) is 104 Å². The van der Waals surface area contributed by atoms with Gasteiger partial charge in [0.05, 0.1) is 10.9 Å². The number of anilines is 1. The number of amides is 3. The van der Waals surface area contributed by atoms with Crippen LogP contribution in [0.3, 0.4) is 0 Å². The Balaban J connectivity index is 2.13. The maximum Gasteiger partial charge on any atom is 0.327 e. The molecule has 2 N–H and O–H groups in total. The summed E-state index contributed by atoms with van der Waals surface area (Å²) in [5, 5.41) is 10.8. The van der Waals surface area contributed by atoms with Crippen LogP contribution in [0.2, 0.25) is 0 Å². The second-order valence-electron chi connectivity index (χ2n) is 5.93. The summed E-state index contributed by atoms with van der Waals surface area (Å²) in [5.41, 5.74) is 2.25. The number of carbonyl (C=O) groups excluding carboxylic acids is 3. The fourth-order valence-electron chi connectivity index (χ4n) is 2.76. The van der Waals surface area contributed by atoms with Gasteiger partial charge in [-0.2, -0.15) is 0 Å². The number of para-hydroxylation sites is 1. The Kier molecular flexibility index (Phi) is 5.84. The largest absolute Gasteiger partial charge is 0.480 e. The molecular formula is C17H20N2O5S. The minimum Gasteiger partial charge on any atom is -0.480 e. The summed E-state index contributed by atoms with van der Waals surface area (Å²) < 4.78 is 0. The molecule has 1 aromatic carbocycles. The lowest BCUT2D eigenvalue weighted by atomic mass is 10.1. The fourth-order valence-corrected chi connectivity index (χ4v) is 3.92. The summed E-state index contributed by atoms with van der Waals surface area (Å²) in [4.78, 5) is 48.5. The van der Waals surface area contributed by atoms with Gasteiger partial charge in [-0.15, -0.1) is 11.8 Å². The average Bonchev–Trinajstić information content (AvgIpc) is 2.78. The minimum absolute atomic E-state index is 0.0131. The molecule has 1 fully saturated rings. The van der Waals surface area contributed by atoms with Crippen molar-refractivity contribution in [3.63, 3.8) is 0 Å². The summed E-state index contributed by atoms with van der Waals surface area (Å²) >= 11 is 1.08. The molecule has 2 rings (SSSR count). The summed E-state index contributed by atoms with van der Waals surface area (Å²) in [6, 6.07) is 4.43. The molecule has 7 nitrogen and oxygen atoms in total. The van der Waals surface area contributed by atoms with Gasteiger partial charge in [0.15, 0.2) is 0 Å². The number of aryl methyl sites for hydroxylation is 2. The Hall–Kier alpha value is -2.35. The van der Waals surface area contributed by atoms with Crippen LogP contribution in [-0.4, -0.2) is 45.8 Å². The molecule has 0 aliphatic carbocycles. The third kappa shape index (κ3) is 4.19. The Labute approximate surface area is 149 Å². The molecule has 0 saturated carbocycles. The van der Waals surface area contributed by atoms with Crippen molar-refractivity contribution in [2.45, 2.75) is 38.5 Å². The first-order valence-corrected chi connectivity index (χ1v) is 8.81. The Bertz CT molecular complexity index is 713. The lowest BCUT2D eigenvalue weighted by molar-refractivity contribution is -0.140. The first-order valence-electron chi connectivity index (χ1n) is 7.77. The monoisotopic (exact) mass is 364 g/mol. The molecule has 1 aliphatic heterocycles. The second kappa shape index (κ2) is 7.69. The summed E-state index contributed by atoms with van der Waals surface area (Å²) in [6.45, 7) is 4.90. The molecule has 134 valence electrons. The molecule has 0 bridgehead atoms. The highest BCUT2D eigenvalue weighted by molar-refractivity contribution is 8.00. The smallest absolute Gasteiger partial charge is 0.327 e. The van der Waals surface area contributed by atoms with E-state index >= 15 is 0 Å². The number of hydrogen-bond acceptors (Lipinski definition) is 5. The number of rotatable bonds is 6. The highest BCUT2D eigenvalue weighted by atomic mass is 32.2. The first-order chi connectivity index (χ1) is 11.7. The molecule has 0 spiro atoms. The number of carboxylic acid groups (broad SMARTS) is 1. The highest BCUT2D eigenvalue weighted by Crippen LogP contribution is 2.33. The van der Waals surface area contributed by atoms with Crippen molar-refractivity contribution in [2.75, 3.05) is 10.7 Å². The zero-order valence-electron chi connectivity index (χ0n) is 14.2. The molecule has 0 radical (unpaired) electrons. The molecule has 25 heavy (non-hydrogen) atoms. The SMILES string of the molecule is CC(=O)NC(CSC1CC(=O)N(c2c(C)cccc2C)C1=O)C(=O)O. The predicted octanol–water partition coefficient (Wildman–Crippen LogP) is 1.26. The number of nitrogens with one attached hydrogen (secondary N) is 1. The third-order valence-electron chi connectivity index (χ3n) is 3.91. The maximum absolute atomic E-state index is 12.7. The van der Waals surface area contributed by atoms with Crippen molar-refractivity contribution in [3.05, 3.63) is 29.3 Å². The van der Waals surface area contributed by atoms with Gasteiger partial charge in [-0.3, -0.25) is 14.4 Å². The first kappa shape index (κ1) is 19.0. The van der Waals surface area contributed by atoms with Crippen LogP contribution >= 0.6 is 11.8 Å². The molecule has 1 saturated heterocycles. The molecule has 2 atom stereocenters. The van der Waals surface area contributed by atoms with Crippen LogP contribution in [0.25, 0.3) is 0 Å². The molecule has 1 heterocycles. The molecule has 2 unspecified atom stereocenters. The third-order valence-corrected chi connectivity index (χ3v) is 5.20. The van der Waals surface area contributed by atoms with Gasteiger partial charge < -0.3 is 10.4 Å². The van der Waals surface area contributed by atoms with Crippen LogP contribution in [-0.2, 0) is 19.2 Å². The van der Waals surface area contributed by atoms with Gasteiger partial charge in [-0.25, -0.2) is 9.69 Å². The van der Waals surface area contributed by atoms with Gasteiger partial charge in [-0.1, -0.05) is 18.2 Å². The number of imide groups is 1. The van der Waals surface area contributed by atoms with Crippen LogP contribution in [0, 0.1) is 13.8 Å². The van der Waals surface area contributed by atoms with Crippen molar-refractivity contribution >= 4 is 41.1 Å². The van der Waals surface area contributed by atoms with Gasteiger partial charge in [0.1, 0.15) is 6.04 Å². The number of hydrogen-bond donors (Lipinski definition) is 2. The fraction of sp³-hybridized carbons (Fsp3) is 0.412. The van der Waals surface area contributed by atoms with E-state index in [9.17, 15) is 19.2 Å². The lowest BCUT2D eigenvalue weighted by Gasteiger charge is -2.20. The molecule has 1 aromatic rings.